The number of hydrogen-bond acceptors (Lipinski definition) is 6. The van der Waals surface area contributed by atoms with Gasteiger partial charge in [-0.1, -0.05) is 53.7 Å². The number of nitrogens with zero attached hydrogens (tertiary/aromatic N) is 4. The molecule has 0 spiro atoms. The van der Waals surface area contributed by atoms with Crippen LogP contribution in [-0.2, 0) is 17.9 Å². The van der Waals surface area contributed by atoms with Gasteiger partial charge in [0.15, 0.2) is 5.16 Å². The average molecular weight is 472 g/mol. The second kappa shape index (κ2) is 10.8. The Labute approximate surface area is 197 Å². The Balaban J connectivity index is 1.44. The molecule has 168 valence electrons. The number of carbonyl (C=O) groups excluding carboxylic acids is 1. The Bertz CT molecular complexity index is 1050. The monoisotopic (exact) mass is 471 g/mol. The summed E-state index contributed by atoms with van der Waals surface area (Å²) in [7, 11) is 1.56. The summed E-state index contributed by atoms with van der Waals surface area (Å²) in [5.41, 5.74) is 1.80. The number of thioether (sulfide) groups is 1. The van der Waals surface area contributed by atoms with Crippen molar-refractivity contribution in [1.29, 1.82) is 0 Å². The molecule has 32 heavy (non-hydrogen) atoms. The van der Waals surface area contributed by atoms with Crippen molar-refractivity contribution in [2.24, 2.45) is 0 Å². The molecule has 0 saturated carbocycles. The molecule has 0 unspecified atom stereocenters. The summed E-state index contributed by atoms with van der Waals surface area (Å²) in [6.45, 7) is 3.63. The van der Waals surface area contributed by atoms with Gasteiger partial charge in [0, 0.05) is 5.69 Å². The molecule has 0 radical (unpaired) electrons. The van der Waals surface area contributed by atoms with E-state index in [1.165, 1.54) is 30.2 Å². The van der Waals surface area contributed by atoms with E-state index < -0.39 is 0 Å². The van der Waals surface area contributed by atoms with Gasteiger partial charge < -0.3 is 14.6 Å². The molecule has 2 heterocycles. The number of ether oxygens (including phenoxy) is 1. The highest BCUT2D eigenvalue weighted by molar-refractivity contribution is 7.99. The molecule has 3 aromatic rings. The summed E-state index contributed by atoms with van der Waals surface area (Å²) >= 11 is 7.53. The Morgan fingerprint density at radius 2 is 1.91 bits per heavy atom. The van der Waals surface area contributed by atoms with Crippen molar-refractivity contribution < 1.29 is 9.53 Å². The molecule has 0 bridgehead atoms. The molecule has 9 heteroatoms. The fourth-order valence-electron chi connectivity index (χ4n) is 3.68. The first-order chi connectivity index (χ1) is 15.6. The van der Waals surface area contributed by atoms with Crippen molar-refractivity contribution in [2.45, 2.75) is 31.1 Å². The zero-order valence-electron chi connectivity index (χ0n) is 18.0. The Hall–Kier alpha value is -2.55. The fourth-order valence-corrected chi connectivity index (χ4v) is 4.69. The van der Waals surface area contributed by atoms with Gasteiger partial charge in [-0.15, -0.1) is 10.2 Å². The van der Waals surface area contributed by atoms with Gasteiger partial charge in [-0.2, -0.15) is 0 Å². The van der Waals surface area contributed by atoms with E-state index in [2.05, 4.69) is 37.1 Å². The standard InChI is InChI=1S/C23H26ClN5O2S/c1-31-20-10-9-18(13-19(20)24)25-22(30)16-32-23-27-26-21(15-28-11-5-6-12-28)29(23)14-17-7-3-2-4-8-17/h2-4,7-10,13H,5-6,11-12,14-16H2,1H3,(H,25,30). The smallest absolute Gasteiger partial charge is 0.234 e. The number of carbonyl (C=O) groups is 1. The van der Waals surface area contributed by atoms with Crippen LogP contribution in [0.4, 0.5) is 5.69 Å². The second-order valence-electron chi connectivity index (χ2n) is 7.64. The van der Waals surface area contributed by atoms with Crippen LogP contribution in [0.15, 0.2) is 53.7 Å². The fraction of sp³-hybridized carbons (Fsp3) is 0.348. The van der Waals surface area contributed by atoms with E-state index in [0.29, 0.717) is 23.0 Å². The van der Waals surface area contributed by atoms with Crippen LogP contribution < -0.4 is 10.1 Å². The average Bonchev–Trinajstić information content (AvgIpc) is 3.44. The number of anilines is 1. The number of aromatic nitrogens is 3. The Kier molecular flexibility index (Phi) is 7.68. The molecule has 0 aliphatic carbocycles. The van der Waals surface area contributed by atoms with Crippen LogP contribution in [0.3, 0.4) is 0 Å². The lowest BCUT2D eigenvalue weighted by Gasteiger charge is -2.16. The van der Waals surface area contributed by atoms with Crippen LogP contribution in [-0.4, -0.2) is 51.5 Å². The van der Waals surface area contributed by atoms with Crippen molar-refractivity contribution in [3.05, 3.63) is 64.9 Å². The maximum atomic E-state index is 12.5. The van der Waals surface area contributed by atoms with Crippen molar-refractivity contribution in [2.75, 3.05) is 31.3 Å². The van der Waals surface area contributed by atoms with Gasteiger partial charge in [0.1, 0.15) is 11.6 Å². The maximum Gasteiger partial charge on any atom is 0.234 e. The minimum absolute atomic E-state index is 0.133. The van der Waals surface area contributed by atoms with E-state index in [1.54, 1.807) is 25.3 Å². The minimum Gasteiger partial charge on any atom is -0.495 e. The zero-order valence-corrected chi connectivity index (χ0v) is 19.5. The van der Waals surface area contributed by atoms with E-state index in [1.807, 2.05) is 18.2 Å². The van der Waals surface area contributed by atoms with Gasteiger partial charge in [0.2, 0.25) is 5.91 Å². The van der Waals surface area contributed by atoms with Crippen molar-refractivity contribution in [3.63, 3.8) is 0 Å². The van der Waals surface area contributed by atoms with Crippen LogP contribution in [0.2, 0.25) is 5.02 Å². The molecule has 1 N–H and O–H groups in total. The van der Waals surface area contributed by atoms with Gasteiger partial charge in [0.05, 0.1) is 31.0 Å². The van der Waals surface area contributed by atoms with Crippen LogP contribution in [0.1, 0.15) is 24.2 Å². The predicted octanol–water partition coefficient (Wildman–Crippen LogP) is 4.32. The maximum absolute atomic E-state index is 12.5. The lowest BCUT2D eigenvalue weighted by Crippen LogP contribution is -2.22. The van der Waals surface area contributed by atoms with E-state index in [0.717, 1.165) is 30.6 Å². The second-order valence-corrected chi connectivity index (χ2v) is 8.99. The summed E-state index contributed by atoms with van der Waals surface area (Å²) in [6, 6.07) is 15.4. The van der Waals surface area contributed by atoms with Crippen LogP contribution in [0.5, 0.6) is 5.75 Å². The first-order valence-electron chi connectivity index (χ1n) is 10.6. The Morgan fingerprint density at radius 1 is 1.12 bits per heavy atom. The SMILES string of the molecule is COc1ccc(NC(=O)CSc2nnc(CN3CCCC3)n2Cc2ccccc2)cc1Cl. The van der Waals surface area contributed by atoms with E-state index >= 15 is 0 Å². The minimum atomic E-state index is -0.133. The van der Waals surface area contributed by atoms with Crippen molar-refractivity contribution in [3.8, 4) is 5.75 Å². The van der Waals surface area contributed by atoms with Gasteiger partial charge >= 0.3 is 0 Å². The molecule has 7 nitrogen and oxygen atoms in total. The first kappa shape index (κ1) is 22.6. The lowest BCUT2D eigenvalue weighted by atomic mass is 10.2. The summed E-state index contributed by atoms with van der Waals surface area (Å²) in [6.07, 6.45) is 2.45. The molecular formula is C23H26ClN5O2S. The highest BCUT2D eigenvalue weighted by Crippen LogP contribution is 2.27. The van der Waals surface area contributed by atoms with Crippen LogP contribution >= 0.6 is 23.4 Å². The van der Waals surface area contributed by atoms with Crippen molar-refractivity contribution >= 4 is 35.0 Å². The summed E-state index contributed by atoms with van der Waals surface area (Å²) in [4.78, 5) is 14.9. The molecule has 1 aromatic heterocycles. The molecule has 1 aliphatic rings. The molecule has 1 aliphatic heterocycles. The quantitative estimate of drug-likeness (QED) is 0.469. The number of likely N-dealkylation sites (tertiary alicyclic amines) is 1. The van der Waals surface area contributed by atoms with Gasteiger partial charge in [-0.3, -0.25) is 9.69 Å². The lowest BCUT2D eigenvalue weighted by molar-refractivity contribution is -0.113. The molecule has 1 fully saturated rings. The largest absolute Gasteiger partial charge is 0.495 e. The number of methoxy groups -OCH3 is 1. The van der Waals surface area contributed by atoms with E-state index in [9.17, 15) is 4.79 Å². The van der Waals surface area contributed by atoms with Crippen LogP contribution in [0.25, 0.3) is 0 Å². The summed E-state index contributed by atoms with van der Waals surface area (Å²) in [5.74, 6) is 1.59. The normalized spacial score (nSPS) is 13.9. The molecule has 1 amide bonds. The first-order valence-corrected chi connectivity index (χ1v) is 11.9. The highest BCUT2D eigenvalue weighted by atomic mass is 35.5. The molecule has 0 atom stereocenters. The van der Waals surface area contributed by atoms with Crippen LogP contribution in [0, 0.1) is 0 Å². The number of hydrogen-bond donors (Lipinski definition) is 1. The number of benzene rings is 2. The summed E-state index contributed by atoms with van der Waals surface area (Å²) in [5, 5.41) is 12.9. The summed E-state index contributed by atoms with van der Waals surface area (Å²) < 4.78 is 7.27. The topological polar surface area (TPSA) is 72.3 Å². The zero-order chi connectivity index (χ0) is 22.3. The van der Waals surface area contributed by atoms with E-state index in [4.69, 9.17) is 16.3 Å². The third-order valence-corrected chi connectivity index (χ3v) is 6.57. The number of halogens is 1. The number of rotatable bonds is 9. The number of nitrogens with one attached hydrogen (secondary N) is 1. The molecular weight excluding hydrogens is 446 g/mol. The van der Waals surface area contributed by atoms with E-state index in [-0.39, 0.29) is 11.7 Å². The molecule has 4 rings (SSSR count). The Morgan fingerprint density at radius 3 is 2.62 bits per heavy atom. The molecule has 1 saturated heterocycles. The highest BCUT2D eigenvalue weighted by Gasteiger charge is 2.19. The molecule has 2 aromatic carbocycles. The van der Waals surface area contributed by atoms with Gasteiger partial charge in [-0.05, 0) is 49.7 Å². The van der Waals surface area contributed by atoms with Gasteiger partial charge in [-0.25, -0.2) is 0 Å². The third kappa shape index (κ3) is 5.82. The number of amides is 1. The third-order valence-electron chi connectivity index (χ3n) is 5.31. The van der Waals surface area contributed by atoms with Gasteiger partial charge in [0.25, 0.3) is 0 Å². The van der Waals surface area contributed by atoms with Crippen molar-refractivity contribution in [1.82, 2.24) is 19.7 Å². The predicted molar refractivity (Wildman–Crippen MR) is 127 cm³/mol.